The summed E-state index contributed by atoms with van der Waals surface area (Å²) in [5, 5.41) is 10.0. The number of fused-ring (bicyclic) bond motifs is 1. The number of carbonyl (C=O) groups is 1. The van der Waals surface area contributed by atoms with Crippen LogP contribution in [0.25, 0.3) is 10.9 Å². The lowest BCUT2D eigenvalue weighted by molar-refractivity contribution is 0.0748. The topological polar surface area (TPSA) is 67.5 Å². The second-order valence-electron chi connectivity index (χ2n) is 6.79. The van der Waals surface area contributed by atoms with E-state index < -0.39 is 0 Å². The van der Waals surface area contributed by atoms with Gasteiger partial charge in [0.25, 0.3) is 5.91 Å². The molecule has 4 rings (SSSR count). The number of carbonyl (C=O) groups excluding carboxylic acids is 1. The van der Waals surface area contributed by atoms with Crippen molar-refractivity contribution in [3.05, 3.63) is 76.1 Å². The molecule has 0 atom stereocenters. The molecule has 7 heteroatoms. The number of hydrogen-bond donors (Lipinski definition) is 1. The van der Waals surface area contributed by atoms with Crippen molar-refractivity contribution in [1.82, 2.24) is 15.1 Å². The van der Waals surface area contributed by atoms with E-state index in [0.717, 1.165) is 21.3 Å². The number of methoxy groups -OCH3 is 1. The zero-order chi connectivity index (χ0) is 20.9. The largest absolute Gasteiger partial charge is 0.493 e. The third kappa shape index (κ3) is 4.16. The van der Waals surface area contributed by atoms with E-state index >= 15 is 0 Å². The fourth-order valence-corrected chi connectivity index (χ4v) is 3.91. The number of benzene rings is 2. The number of thiophene rings is 1. The van der Waals surface area contributed by atoms with Gasteiger partial charge in [-0.05, 0) is 42.1 Å². The Bertz CT molecular complexity index is 1140. The van der Waals surface area contributed by atoms with Crippen LogP contribution in [0.3, 0.4) is 0 Å². The normalized spacial score (nSPS) is 10.9. The first kappa shape index (κ1) is 20.0. The number of nitrogens with one attached hydrogen (secondary N) is 1. The summed E-state index contributed by atoms with van der Waals surface area (Å²) in [6.45, 7) is 3.48. The summed E-state index contributed by atoms with van der Waals surface area (Å²) in [5.41, 5.74) is 2.26. The monoisotopic (exact) mass is 421 g/mol. The first-order valence-corrected chi connectivity index (χ1v) is 10.6. The second-order valence-corrected chi connectivity index (χ2v) is 7.82. The zero-order valence-corrected chi connectivity index (χ0v) is 17.7. The van der Waals surface area contributed by atoms with Gasteiger partial charge in [0.1, 0.15) is 6.61 Å². The number of H-pyrrole nitrogens is 1. The van der Waals surface area contributed by atoms with E-state index in [1.807, 2.05) is 66.9 Å². The lowest BCUT2D eigenvalue weighted by Gasteiger charge is -2.21. The third-order valence-corrected chi connectivity index (χ3v) is 5.74. The summed E-state index contributed by atoms with van der Waals surface area (Å²) >= 11 is 1.65. The Morgan fingerprint density at radius 3 is 2.77 bits per heavy atom. The summed E-state index contributed by atoms with van der Waals surface area (Å²) in [6.07, 6.45) is 0. The molecule has 1 N–H and O–H groups in total. The highest BCUT2D eigenvalue weighted by molar-refractivity contribution is 7.09. The molecule has 0 radical (unpaired) electrons. The first-order chi connectivity index (χ1) is 14.7. The molecule has 30 heavy (non-hydrogen) atoms. The van der Waals surface area contributed by atoms with Crippen molar-refractivity contribution in [2.24, 2.45) is 0 Å². The average Bonchev–Trinajstić information content (AvgIpc) is 3.45. The molecular weight excluding hydrogens is 398 g/mol. The van der Waals surface area contributed by atoms with Gasteiger partial charge in [-0.3, -0.25) is 9.89 Å². The van der Waals surface area contributed by atoms with E-state index in [0.29, 0.717) is 36.9 Å². The zero-order valence-electron chi connectivity index (χ0n) is 16.9. The standard InChI is InChI=1S/C23H23N3O3S/c1-3-26(23(27)22-18-8-4-5-9-19(18)24-25-22)14-16-10-11-20(21(13-16)28-2)29-15-17-7-6-12-30-17/h4-13H,3,14-15H2,1-2H3,(H,24,25). The second kappa shape index (κ2) is 9.00. The number of para-hydroxylation sites is 1. The molecule has 2 aromatic carbocycles. The number of rotatable bonds is 8. The van der Waals surface area contributed by atoms with Crippen molar-refractivity contribution in [2.45, 2.75) is 20.1 Å². The Hall–Kier alpha value is -3.32. The van der Waals surface area contributed by atoms with Crippen LogP contribution in [0.15, 0.2) is 60.0 Å². The van der Waals surface area contributed by atoms with Crippen molar-refractivity contribution in [2.75, 3.05) is 13.7 Å². The highest BCUT2D eigenvalue weighted by Gasteiger charge is 2.20. The number of hydrogen-bond acceptors (Lipinski definition) is 5. The van der Waals surface area contributed by atoms with E-state index in [-0.39, 0.29) is 5.91 Å². The summed E-state index contributed by atoms with van der Waals surface area (Å²) in [6, 6.07) is 17.5. The minimum Gasteiger partial charge on any atom is -0.493 e. The van der Waals surface area contributed by atoms with Crippen molar-refractivity contribution < 1.29 is 14.3 Å². The van der Waals surface area contributed by atoms with Crippen molar-refractivity contribution in [3.8, 4) is 11.5 Å². The molecule has 6 nitrogen and oxygen atoms in total. The van der Waals surface area contributed by atoms with Crippen LogP contribution in [0.2, 0.25) is 0 Å². The molecule has 0 spiro atoms. The lowest BCUT2D eigenvalue weighted by atomic mass is 10.1. The van der Waals surface area contributed by atoms with Crippen LogP contribution in [0, 0.1) is 0 Å². The Morgan fingerprint density at radius 1 is 1.13 bits per heavy atom. The predicted octanol–water partition coefficient (Wildman–Crippen LogP) is 4.87. The van der Waals surface area contributed by atoms with Crippen LogP contribution >= 0.6 is 11.3 Å². The quantitative estimate of drug-likeness (QED) is 0.441. The van der Waals surface area contributed by atoms with Crippen molar-refractivity contribution in [3.63, 3.8) is 0 Å². The highest BCUT2D eigenvalue weighted by Crippen LogP contribution is 2.30. The molecule has 0 bridgehead atoms. The molecule has 0 aliphatic heterocycles. The Labute approximate surface area is 179 Å². The van der Waals surface area contributed by atoms with Crippen LogP contribution < -0.4 is 9.47 Å². The Morgan fingerprint density at radius 2 is 2.00 bits per heavy atom. The first-order valence-electron chi connectivity index (χ1n) is 9.74. The van der Waals surface area contributed by atoms with Gasteiger partial charge >= 0.3 is 0 Å². The van der Waals surface area contributed by atoms with Gasteiger partial charge in [-0.25, -0.2) is 0 Å². The van der Waals surface area contributed by atoms with Crippen LogP contribution in [0.1, 0.15) is 27.9 Å². The van der Waals surface area contributed by atoms with Crippen LogP contribution in [-0.4, -0.2) is 34.7 Å². The fourth-order valence-electron chi connectivity index (χ4n) is 3.30. The van der Waals surface area contributed by atoms with E-state index in [1.165, 1.54) is 0 Å². The number of nitrogens with zero attached hydrogens (tertiary/aromatic N) is 2. The Kier molecular flexibility index (Phi) is 5.99. The van der Waals surface area contributed by atoms with Gasteiger partial charge in [0.05, 0.1) is 12.6 Å². The van der Waals surface area contributed by atoms with E-state index in [1.54, 1.807) is 23.3 Å². The minimum absolute atomic E-state index is 0.105. The van der Waals surface area contributed by atoms with Gasteiger partial charge in [0, 0.05) is 23.4 Å². The van der Waals surface area contributed by atoms with Crippen LogP contribution in [-0.2, 0) is 13.2 Å². The average molecular weight is 422 g/mol. The van der Waals surface area contributed by atoms with Gasteiger partial charge < -0.3 is 14.4 Å². The predicted molar refractivity (Wildman–Crippen MR) is 118 cm³/mol. The molecule has 0 aliphatic carbocycles. The number of aromatic amines is 1. The highest BCUT2D eigenvalue weighted by atomic mass is 32.1. The maximum absolute atomic E-state index is 13.1. The minimum atomic E-state index is -0.105. The molecule has 154 valence electrons. The molecule has 0 saturated heterocycles. The third-order valence-electron chi connectivity index (χ3n) is 4.89. The van der Waals surface area contributed by atoms with E-state index in [2.05, 4.69) is 10.2 Å². The van der Waals surface area contributed by atoms with Gasteiger partial charge in [-0.15, -0.1) is 11.3 Å². The van der Waals surface area contributed by atoms with Crippen LogP contribution in [0.4, 0.5) is 0 Å². The molecule has 0 fully saturated rings. The van der Waals surface area contributed by atoms with E-state index in [4.69, 9.17) is 9.47 Å². The molecule has 0 aliphatic rings. The maximum atomic E-state index is 13.1. The SMILES string of the molecule is CCN(Cc1ccc(OCc2cccs2)c(OC)c1)C(=O)c1n[nH]c2ccccc12. The van der Waals surface area contributed by atoms with Gasteiger partial charge in [0.15, 0.2) is 17.2 Å². The Balaban J connectivity index is 1.50. The molecule has 0 unspecified atom stereocenters. The molecule has 4 aromatic rings. The molecular formula is C23H23N3O3S. The summed E-state index contributed by atoms with van der Waals surface area (Å²) in [5.74, 6) is 1.23. The summed E-state index contributed by atoms with van der Waals surface area (Å²) in [4.78, 5) is 16.0. The summed E-state index contributed by atoms with van der Waals surface area (Å²) in [7, 11) is 1.62. The lowest BCUT2D eigenvalue weighted by Crippen LogP contribution is -2.30. The van der Waals surface area contributed by atoms with Gasteiger partial charge in [0.2, 0.25) is 0 Å². The van der Waals surface area contributed by atoms with Crippen molar-refractivity contribution >= 4 is 28.1 Å². The van der Waals surface area contributed by atoms with Gasteiger partial charge in [-0.2, -0.15) is 5.10 Å². The molecule has 2 heterocycles. The number of amides is 1. The summed E-state index contributed by atoms with van der Waals surface area (Å²) < 4.78 is 11.4. The number of aromatic nitrogens is 2. The molecule has 0 saturated carbocycles. The van der Waals surface area contributed by atoms with Gasteiger partial charge in [-0.1, -0.05) is 30.3 Å². The smallest absolute Gasteiger partial charge is 0.275 e. The van der Waals surface area contributed by atoms with Crippen molar-refractivity contribution in [1.29, 1.82) is 0 Å². The molecule has 1 amide bonds. The maximum Gasteiger partial charge on any atom is 0.275 e. The number of ether oxygens (including phenoxy) is 2. The molecule has 2 aromatic heterocycles. The van der Waals surface area contributed by atoms with Crippen LogP contribution in [0.5, 0.6) is 11.5 Å². The van der Waals surface area contributed by atoms with E-state index in [9.17, 15) is 4.79 Å². The fraction of sp³-hybridized carbons (Fsp3) is 0.217.